The van der Waals surface area contributed by atoms with Crippen LogP contribution in [-0.2, 0) is 14.3 Å². The van der Waals surface area contributed by atoms with Crippen LogP contribution >= 0.6 is 0 Å². The van der Waals surface area contributed by atoms with E-state index in [0.717, 1.165) is 6.42 Å². The fourth-order valence-electron chi connectivity index (χ4n) is 8.89. The number of ketones is 1. The van der Waals surface area contributed by atoms with E-state index in [1.165, 1.54) is 64.0 Å². The van der Waals surface area contributed by atoms with Gasteiger partial charge in [0.15, 0.2) is 5.78 Å². The molecule has 0 aromatic rings. The molecule has 168 valence electrons. The second-order valence-corrected chi connectivity index (χ2v) is 11.5. The molecule has 4 rings (SSSR count). The van der Waals surface area contributed by atoms with Gasteiger partial charge in [0.2, 0.25) is 0 Å². The highest BCUT2D eigenvalue weighted by Gasteiger charge is 2.63. The molecule has 4 fully saturated rings. The first kappa shape index (κ1) is 22.1. The van der Waals surface area contributed by atoms with Crippen LogP contribution in [-0.4, -0.2) is 18.9 Å². The summed E-state index contributed by atoms with van der Waals surface area (Å²) in [5.41, 5.74) is 1.72. The van der Waals surface area contributed by atoms with Crippen LogP contribution in [0.15, 0.2) is 11.6 Å². The number of carbonyl (C=O) groups is 2. The predicted octanol–water partition coefficient (Wildman–Crippen LogP) is 6.36. The molecule has 0 radical (unpaired) electrons. The summed E-state index contributed by atoms with van der Waals surface area (Å²) in [4.78, 5) is 25.6. The van der Waals surface area contributed by atoms with E-state index in [1.807, 2.05) is 0 Å². The SMILES string of the molecule is C/C=C1/C(=O)C2C(CCC3(C)C(C(C)CCC(=O)OC)CCC23)C2(C)CCCCC12. The van der Waals surface area contributed by atoms with Gasteiger partial charge in [0, 0.05) is 12.3 Å². The number of fused-ring (bicyclic) bond motifs is 5. The Kier molecular flexibility index (Phi) is 5.96. The normalized spacial score (nSPS) is 45.4. The van der Waals surface area contributed by atoms with Gasteiger partial charge in [0.05, 0.1) is 7.11 Å². The molecular weight excluding hydrogens is 372 g/mol. The Bertz CT molecular complexity index is 724. The highest BCUT2D eigenvalue weighted by molar-refractivity contribution is 5.99. The van der Waals surface area contributed by atoms with Gasteiger partial charge < -0.3 is 4.74 Å². The summed E-state index contributed by atoms with van der Waals surface area (Å²) in [6.45, 7) is 9.43. The Labute approximate surface area is 183 Å². The maximum atomic E-state index is 13.9. The summed E-state index contributed by atoms with van der Waals surface area (Å²) in [5, 5.41) is 0. The van der Waals surface area contributed by atoms with Crippen LogP contribution < -0.4 is 0 Å². The van der Waals surface area contributed by atoms with E-state index in [0.29, 0.717) is 47.2 Å². The number of hydrogen-bond donors (Lipinski definition) is 0. The lowest BCUT2D eigenvalue weighted by Gasteiger charge is -2.60. The molecule has 0 amide bonds. The molecule has 4 aliphatic rings. The maximum absolute atomic E-state index is 13.9. The Morgan fingerprint density at radius 3 is 2.53 bits per heavy atom. The van der Waals surface area contributed by atoms with Gasteiger partial charge in [-0.05, 0) is 97.9 Å². The lowest BCUT2D eigenvalue weighted by atomic mass is 9.43. The van der Waals surface area contributed by atoms with E-state index in [1.54, 1.807) is 0 Å². The molecular formula is C27H42O3. The summed E-state index contributed by atoms with van der Waals surface area (Å²) >= 11 is 0. The van der Waals surface area contributed by atoms with E-state index in [2.05, 4.69) is 33.8 Å². The number of Topliss-reactive ketones (excluding diaryl/α,β-unsaturated/α-hetero) is 1. The van der Waals surface area contributed by atoms with Gasteiger partial charge in [-0.2, -0.15) is 0 Å². The zero-order valence-electron chi connectivity index (χ0n) is 19.8. The smallest absolute Gasteiger partial charge is 0.305 e. The number of ether oxygens (including phenoxy) is 1. The Hall–Kier alpha value is -1.12. The molecule has 30 heavy (non-hydrogen) atoms. The molecule has 4 saturated carbocycles. The molecule has 0 heterocycles. The third-order valence-electron chi connectivity index (χ3n) is 10.4. The van der Waals surface area contributed by atoms with E-state index in [-0.39, 0.29) is 17.3 Å². The Morgan fingerprint density at radius 2 is 1.83 bits per heavy atom. The molecule has 8 atom stereocenters. The number of allylic oxidation sites excluding steroid dienone is 2. The first-order valence-corrected chi connectivity index (χ1v) is 12.5. The molecule has 0 N–H and O–H groups in total. The lowest BCUT2D eigenvalue weighted by molar-refractivity contribution is -0.146. The van der Waals surface area contributed by atoms with E-state index in [4.69, 9.17) is 4.74 Å². The third kappa shape index (κ3) is 3.21. The van der Waals surface area contributed by atoms with Crippen LogP contribution in [0.25, 0.3) is 0 Å². The highest BCUT2D eigenvalue weighted by atomic mass is 16.5. The van der Waals surface area contributed by atoms with Crippen molar-refractivity contribution in [1.82, 2.24) is 0 Å². The van der Waals surface area contributed by atoms with Gasteiger partial charge in [-0.15, -0.1) is 0 Å². The van der Waals surface area contributed by atoms with Crippen molar-refractivity contribution in [2.45, 2.75) is 91.9 Å². The van der Waals surface area contributed by atoms with Gasteiger partial charge in [-0.25, -0.2) is 0 Å². The maximum Gasteiger partial charge on any atom is 0.305 e. The van der Waals surface area contributed by atoms with Gasteiger partial charge >= 0.3 is 5.97 Å². The summed E-state index contributed by atoms with van der Waals surface area (Å²) in [5.74, 6) is 3.34. The summed E-state index contributed by atoms with van der Waals surface area (Å²) in [6, 6.07) is 0. The first-order valence-electron chi connectivity index (χ1n) is 12.5. The Morgan fingerprint density at radius 1 is 1.10 bits per heavy atom. The van der Waals surface area contributed by atoms with Crippen LogP contribution in [0, 0.1) is 46.3 Å². The number of carbonyl (C=O) groups excluding carboxylic acids is 2. The zero-order valence-corrected chi connectivity index (χ0v) is 19.8. The number of rotatable bonds is 4. The van der Waals surface area contributed by atoms with Crippen molar-refractivity contribution < 1.29 is 14.3 Å². The average Bonchev–Trinajstić information content (AvgIpc) is 3.09. The molecule has 0 saturated heterocycles. The molecule has 0 aliphatic heterocycles. The summed E-state index contributed by atoms with van der Waals surface area (Å²) in [7, 11) is 1.48. The van der Waals surface area contributed by atoms with Crippen LogP contribution in [0.2, 0.25) is 0 Å². The third-order valence-corrected chi connectivity index (χ3v) is 10.4. The largest absolute Gasteiger partial charge is 0.469 e. The highest BCUT2D eigenvalue weighted by Crippen LogP contribution is 2.68. The summed E-state index contributed by atoms with van der Waals surface area (Å²) < 4.78 is 4.88. The lowest BCUT2D eigenvalue weighted by Crippen LogP contribution is -2.57. The Balaban J connectivity index is 1.61. The molecule has 0 aromatic heterocycles. The minimum Gasteiger partial charge on any atom is -0.469 e. The van der Waals surface area contributed by atoms with E-state index >= 15 is 0 Å². The predicted molar refractivity (Wildman–Crippen MR) is 120 cm³/mol. The molecule has 0 bridgehead atoms. The number of esters is 1. The van der Waals surface area contributed by atoms with Crippen molar-refractivity contribution >= 4 is 11.8 Å². The van der Waals surface area contributed by atoms with Crippen LogP contribution in [0.1, 0.15) is 91.9 Å². The van der Waals surface area contributed by atoms with Crippen LogP contribution in [0.5, 0.6) is 0 Å². The van der Waals surface area contributed by atoms with Crippen molar-refractivity contribution in [1.29, 1.82) is 0 Å². The topological polar surface area (TPSA) is 43.4 Å². The molecule has 0 aromatic carbocycles. The zero-order chi connectivity index (χ0) is 21.7. The fraction of sp³-hybridized carbons (Fsp3) is 0.852. The van der Waals surface area contributed by atoms with Crippen molar-refractivity contribution in [3.8, 4) is 0 Å². The second-order valence-electron chi connectivity index (χ2n) is 11.5. The monoisotopic (exact) mass is 414 g/mol. The van der Waals surface area contributed by atoms with Crippen molar-refractivity contribution in [3.63, 3.8) is 0 Å². The summed E-state index contributed by atoms with van der Waals surface area (Å²) in [6.07, 6.45) is 13.6. The average molecular weight is 415 g/mol. The van der Waals surface area contributed by atoms with Gasteiger partial charge in [0.25, 0.3) is 0 Å². The first-order chi connectivity index (χ1) is 14.3. The number of hydrogen-bond acceptors (Lipinski definition) is 3. The van der Waals surface area contributed by atoms with E-state index in [9.17, 15) is 9.59 Å². The molecule has 8 unspecified atom stereocenters. The molecule has 0 spiro atoms. The van der Waals surface area contributed by atoms with E-state index < -0.39 is 0 Å². The van der Waals surface area contributed by atoms with Gasteiger partial charge in [0.1, 0.15) is 0 Å². The van der Waals surface area contributed by atoms with Crippen molar-refractivity contribution in [3.05, 3.63) is 11.6 Å². The minimum absolute atomic E-state index is 0.0956. The second kappa shape index (κ2) is 8.10. The standard InChI is InChI=1S/C27H42O3/c1-6-18-20-9-7-8-15-26(20,3)22-14-16-27(4)19(17(2)10-13-23(28)30-5)11-12-21(27)24(22)25(18)29/h6,17,19-22,24H,7-16H2,1-5H3/b18-6+. The fourth-order valence-corrected chi connectivity index (χ4v) is 8.89. The van der Waals surface area contributed by atoms with Crippen molar-refractivity contribution in [2.24, 2.45) is 46.3 Å². The van der Waals surface area contributed by atoms with Crippen LogP contribution in [0.3, 0.4) is 0 Å². The molecule has 4 aliphatic carbocycles. The quantitative estimate of drug-likeness (QED) is 0.397. The van der Waals surface area contributed by atoms with Gasteiger partial charge in [-0.1, -0.05) is 39.7 Å². The molecule has 3 nitrogen and oxygen atoms in total. The molecule has 3 heteroatoms. The van der Waals surface area contributed by atoms with Crippen LogP contribution in [0.4, 0.5) is 0 Å². The van der Waals surface area contributed by atoms with Gasteiger partial charge in [-0.3, -0.25) is 9.59 Å². The van der Waals surface area contributed by atoms with Crippen molar-refractivity contribution in [2.75, 3.05) is 7.11 Å². The minimum atomic E-state index is -0.0956. The number of methoxy groups -OCH3 is 1.